The fourth-order valence-corrected chi connectivity index (χ4v) is 4.00. The van der Waals surface area contributed by atoms with Gasteiger partial charge in [-0.15, -0.1) is 0 Å². The molecule has 7 nitrogen and oxygen atoms in total. The Morgan fingerprint density at radius 1 is 0.941 bits per heavy atom. The smallest absolute Gasteiger partial charge is 0.256 e. The van der Waals surface area contributed by atoms with Crippen LogP contribution in [0.4, 0.5) is 5.82 Å². The molecule has 170 valence electrons. The van der Waals surface area contributed by atoms with Crippen molar-refractivity contribution in [3.63, 3.8) is 0 Å². The Hall–Kier alpha value is -4.39. The summed E-state index contributed by atoms with van der Waals surface area (Å²) < 4.78 is 5.84. The fourth-order valence-electron chi connectivity index (χ4n) is 4.00. The van der Waals surface area contributed by atoms with Gasteiger partial charge in [-0.3, -0.25) is 14.7 Å². The van der Waals surface area contributed by atoms with E-state index in [9.17, 15) is 9.59 Å². The monoisotopic (exact) mass is 452 g/mol. The molecular weight excluding hydrogens is 428 g/mol. The zero-order valence-corrected chi connectivity index (χ0v) is 18.5. The molecular formula is C27H24N4O3. The van der Waals surface area contributed by atoms with Gasteiger partial charge in [0, 0.05) is 24.1 Å². The van der Waals surface area contributed by atoms with Crippen molar-refractivity contribution in [1.82, 2.24) is 15.1 Å². The maximum absolute atomic E-state index is 13.0. The van der Waals surface area contributed by atoms with E-state index in [0.29, 0.717) is 48.8 Å². The molecule has 5 rings (SSSR count). The normalized spacial score (nSPS) is 12.6. The molecule has 0 spiro atoms. The Morgan fingerprint density at radius 2 is 1.68 bits per heavy atom. The molecule has 2 N–H and O–H groups in total. The van der Waals surface area contributed by atoms with E-state index in [1.165, 1.54) is 0 Å². The molecule has 0 radical (unpaired) electrons. The Kier molecular flexibility index (Phi) is 6.07. The minimum Gasteiger partial charge on any atom is -0.457 e. The van der Waals surface area contributed by atoms with Crippen LogP contribution in [0.3, 0.4) is 0 Å². The number of aromatic amines is 1. The largest absolute Gasteiger partial charge is 0.457 e. The first-order valence-electron chi connectivity index (χ1n) is 11.2. The molecule has 0 saturated heterocycles. The predicted molar refractivity (Wildman–Crippen MR) is 129 cm³/mol. The molecule has 1 aliphatic rings. The molecule has 7 heteroatoms. The highest BCUT2D eigenvalue weighted by Crippen LogP contribution is 2.26. The maximum Gasteiger partial charge on any atom is 0.256 e. The molecule has 4 aromatic rings. The van der Waals surface area contributed by atoms with Gasteiger partial charge in [0.05, 0.1) is 18.7 Å². The van der Waals surface area contributed by atoms with E-state index in [-0.39, 0.29) is 11.8 Å². The molecule has 0 bridgehead atoms. The molecule has 2 amide bonds. The molecule has 3 aromatic carbocycles. The predicted octanol–water partition coefficient (Wildman–Crippen LogP) is 4.58. The lowest BCUT2D eigenvalue weighted by atomic mass is 10.1. The lowest BCUT2D eigenvalue weighted by Crippen LogP contribution is -2.37. The van der Waals surface area contributed by atoms with Gasteiger partial charge in [0.1, 0.15) is 17.3 Å². The second-order valence-electron chi connectivity index (χ2n) is 8.15. The lowest BCUT2D eigenvalue weighted by Gasteiger charge is -2.27. The molecule has 0 unspecified atom stereocenters. The number of carbonyl (C=O) groups excluding carboxylic acids is 2. The van der Waals surface area contributed by atoms with Crippen LogP contribution in [0.5, 0.6) is 11.5 Å². The zero-order chi connectivity index (χ0) is 23.3. The highest BCUT2D eigenvalue weighted by molar-refractivity contribution is 6.04. The zero-order valence-electron chi connectivity index (χ0n) is 18.5. The molecule has 0 saturated carbocycles. The number of para-hydroxylation sites is 1. The number of amides is 2. The van der Waals surface area contributed by atoms with E-state index in [1.807, 2.05) is 65.6 Å². The minimum absolute atomic E-state index is 0.0566. The number of H-pyrrole nitrogens is 1. The topological polar surface area (TPSA) is 87.3 Å². The van der Waals surface area contributed by atoms with Crippen LogP contribution in [-0.4, -0.2) is 33.5 Å². The van der Waals surface area contributed by atoms with Gasteiger partial charge in [0.25, 0.3) is 5.91 Å². The summed E-state index contributed by atoms with van der Waals surface area (Å²) in [7, 11) is 0. The molecule has 0 aliphatic carbocycles. The second-order valence-corrected chi connectivity index (χ2v) is 8.15. The molecule has 34 heavy (non-hydrogen) atoms. The summed E-state index contributed by atoms with van der Waals surface area (Å²) in [5.74, 6) is 1.57. The van der Waals surface area contributed by atoms with Crippen molar-refractivity contribution in [2.75, 3.05) is 11.9 Å². The molecule has 2 heterocycles. The van der Waals surface area contributed by atoms with E-state index in [4.69, 9.17) is 4.74 Å². The summed E-state index contributed by atoms with van der Waals surface area (Å²) in [6, 6.07) is 26.1. The van der Waals surface area contributed by atoms with Crippen molar-refractivity contribution in [1.29, 1.82) is 0 Å². The number of hydrogen-bond acceptors (Lipinski definition) is 4. The number of fused-ring (bicyclic) bond motifs is 1. The summed E-state index contributed by atoms with van der Waals surface area (Å²) in [4.78, 5) is 27.6. The third-order valence-electron chi connectivity index (χ3n) is 5.78. The number of nitrogens with one attached hydrogen (secondary N) is 2. The first-order valence-corrected chi connectivity index (χ1v) is 11.2. The molecule has 1 aliphatic heterocycles. The van der Waals surface area contributed by atoms with Gasteiger partial charge in [0.2, 0.25) is 5.91 Å². The number of benzene rings is 3. The van der Waals surface area contributed by atoms with Crippen molar-refractivity contribution in [3.05, 3.63) is 107 Å². The molecule has 1 aromatic heterocycles. The number of anilines is 1. The summed E-state index contributed by atoms with van der Waals surface area (Å²) in [5.41, 5.74) is 3.17. The molecule has 0 fully saturated rings. The number of rotatable bonds is 6. The fraction of sp³-hybridized carbons (Fsp3) is 0.148. The average Bonchev–Trinajstić information content (AvgIpc) is 3.27. The van der Waals surface area contributed by atoms with Crippen LogP contribution in [0.15, 0.2) is 84.9 Å². The van der Waals surface area contributed by atoms with Crippen LogP contribution in [0, 0.1) is 0 Å². The summed E-state index contributed by atoms with van der Waals surface area (Å²) >= 11 is 0. The Balaban J connectivity index is 1.27. The van der Waals surface area contributed by atoms with Crippen molar-refractivity contribution < 1.29 is 14.3 Å². The van der Waals surface area contributed by atoms with Crippen LogP contribution in [0.1, 0.15) is 27.2 Å². The number of hydrogen-bond donors (Lipinski definition) is 2. The van der Waals surface area contributed by atoms with Gasteiger partial charge in [-0.05, 0) is 35.9 Å². The van der Waals surface area contributed by atoms with E-state index in [0.717, 1.165) is 16.8 Å². The highest BCUT2D eigenvalue weighted by atomic mass is 16.5. The quantitative estimate of drug-likeness (QED) is 0.448. The van der Waals surface area contributed by atoms with Crippen molar-refractivity contribution in [2.24, 2.45) is 0 Å². The summed E-state index contributed by atoms with van der Waals surface area (Å²) in [6.07, 6.45) is 0.993. The minimum atomic E-state index is -0.280. The van der Waals surface area contributed by atoms with Gasteiger partial charge in [-0.25, -0.2) is 0 Å². The van der Waals surface area contributed by atoms with Gasteiger partial charge in [-0.1, -0.05) is 54.6 Å². The van der Waals surface area contributed by atoms with Crippen molar-refractivity contribution >= 4 is 17.6 Å². The van der Waals surface area contributed by atoms with Gasteiger partial charge < -0.3 is 15.0 Å². The number of carbonyl (C=O) groups is 2. The van der Waals surface area contributed by atoms with Gasteiger partial charge in [0.15, 0.2) is 0 Å². The van der Waals surface area contributed by atoms with Gasteiger partial charge >= 0.3 is 0 Å². The first-order chi connectivity index (χ1) is 16.7. The van der Waals surface area contributed by atoms with Crippen molar-refractivity contribution in [3.8, 4) is 11.5 Å². The average molecular weight is 453 g/mol. The SMILES string of the molecule is O=C(Nc1[nH]nc2c1CN(C(=O)Cc1ccccc1)CC2)c1cccc(Oc2ccccc2)c1. The van der Waals surface area contributed by atoms with Crippen LogP contribution < -0.4 is 10.1 Å². The second kappa shape index (κ2) is 9.62. The van der Waals surface area contributed by atoms with Crippen molar-refractivity contribution in [2.45, 2.75) is 19.4 Å². The summed E-state index contributed by atoms with van der Waals surface area (Å²) in [6.45, 7) is 1.01. The van der Waals surface area contributed by atoms with Crippen LogP contribution >= 0.6 is 0 Å². The summed E-state index contributed by atoms with van der Waals surface area (Å²) in [5, 5.41) is 10.2. The third-order valence-corrected chi connectivity index (χ3v) is 5.78. The van der Waals surface area contributed by atoms with E-state index >= 15 is 0 Å². The Morgan fingerprint density at radius 3 is 2.47 bits per heavy atom. The molecule has 0 atom stereocenters. The first kappa shape index (κ1) is 21.5. The number of nitrogens with zero attached hydrogens (tertiary/aromatic N) is 2. The number of ether oxygens (including phenoxy) is 1. The standard InChI is InChI=1S/C27H24N4O3/c32-25(16-19-8-3-1-4-9-19)31-15-14-24-23(18-31)26(30-29-24)28-27(33)20-10-7-13-22(17-20)34-21-11-5-2-6-12-21/h1-13,17H,14-16,18H2,(H2,28,29,30,33). The maximum atomic E-state index is 13.0. The van der Waals surface area contributed by atoms with Gasteiger partial charge in [-0.2, -0.15) is 5.10 Å². The van der Waals surface area contributed by atoms with Crippen LogP contribution in [-0.2, 0) is 24.2 Å². The Labute approximate surface area is 197 Å². The lowest BCUT2D eigenvalue weighted by molar-refractivity contribution is -0.131. The van der Waals surface area contributed by atoms with E-state index < -0.39 is 0 Å². The van der Waals surface area contributed by atoms with E-state index in [1.54, 1.807) is 24.3 Å². The van der Waals surface area contributed by atoms with E-state index in [2.05, 4.69) is 15.5 Å². The highest BCUT2D eigenvalue weighted by Gasteiger charge is 2.26. The van der Waals surface area contributed by atoms with Crippen LogP contribution in [0.2, 0.25) is 0 Å². The van der Waals surface area contributed by atoms with Crippen LogP contribution in [0.25, 0.3) is 0 Å². The third kappa shape index (κ3) is 4.83. The number of aromatic nitrogens is 2. The Bertz CT molecular complexity index is 1300.